The van der Waals surface area contributed by atoms with Gasteiger partial charge >= 0.3 is 11.9 Å². The molecular weight excluding hydrogens is 330 g/mol. The van der Waals surface area contributed by atoms with E-state index in [0.29, 0.717) is 17.7 Å². The molecule has 24 heavy (non-hydrogen) atoms. The van der Waals surface area contributed by atoms with Crippen LogP contribution in [0.4, 0.5) is 0 Å². The Balaban J connectivity index is 2.61. The molecule has 0 aliphatic heterocycles. The number of hydrogen-bond acceptors (Lipinski definition) is 6. The first-order valence-electron chi connectivity index (χ1n) is 7.65. The van der Waals surface area contributed by atoms with E-state index in [4.69, 9.17) is 9.47 Å². The van der Waals surface area contributed by atoms with Crippen LogP contribution in [0.25, 0.3) is 0 Å². The first-order valence-corrected chi connectivity index (χ1v) is 9.04. The van der Waals surface area contributed by atoms with Crippen molar-refractivity contribution in [2.75, 3.05) is 18.6 Å². The molecule has 0 unspecified atom stereocenters. The number of thioether (sulfide) groups is 1. The van der Waals surface area contributed by atoms with E-state index in [1.807, 2.05) is 6.26 Å². The summed E-state index contributed by atoms with van der Waals surface area (Å²) in [5.41, 5.74) is 0.457. The van der Waals surface area contributed by atoms with Crippen LogP contribution < -0.4 is 5.32 Å². The number of rotatable bonds is 9. The molecule has 0 saturated heterocycles. The van der Waals surface area contributed by atoms with Gasteiger partial charge in [0.1, 0.15) is 6.04 Å². The molecule has 0 heterocycles. The normalized spacial score (nSPS) is 11.7. The van der Waals surface area contributed by atoms with Gasteiger partial charge in [0.25, 0.3) is 5.91 Å². The van der Waals surface area contributed by atoms with Crippen molar-refractivity contribution in [2.24, 2.45) is 0 Å². The third-order valence-electron chi connectivity index (χ3n) is 2.94. The van der Waals surface area contributed by atoms with Crippen LogP contribution in [0.3, 0.4) is 0 Å². The molecule has 0 spiro atoms. The molecule has 1 amide bonds. The molecule has 0 bridgehead atoms. The van der Waals surface area contributed by atoms with Crippen molar-refractivity contribution in [2.45, 2.75) is 32.4 Å². The van der Waals surface area contributed by atoms with Gasteiger partial charge in [0.2, 0.25) is 0 Å². The smallest absolute Gasteiger partial charge is 0.344 e. The van der Waals surface area contributed by atoms with Crippen LogP contribution in [0.1, 0.15) is 30.6 Å². The van der Waals surface area contributed by atoms with Gasteiger partial charge in [-0.1, -0.05) is 18.2 Å². The second-order valence-electron chi connectivity index (χ2n) is 5.32. The Morgan fingerprint density at radius 3 is 2.42 bits per heavy atom. The van der Waals surface area contributed by atoms with Gasteiger partial charge < -0.3 is 14.8 Å². The second-order valence-corrected chi connectivity index (χ2v) is 6.31. The lowest BCUT2D eigenvalue weighted by Crippen LogP contribution is -2.42. The minimum Gasteiger partial charge on any atom is -0.460 e. The Morgan fingerprint density at radius 2 is 1.83 bits per heavy atom. The molecule has 0 radical (unpaired) electrons. The first-order chi connectivity index (χ1) is 11.4. The lowest BCUT2D eigenvalue weighted by molar-refractivity contribution is -0.162. The lowest BCUT2D eigenvalue weighted by Gasteiger charge is -2.17. The van der Waals surface area contributed by atoms with Gasteiger partial charge in [0.05, 0.1) is 6.10 Å². The molecule has 0 fully saturated rings. The fourth-order valence-electron chi connectivity index (χ4n) is 1.84. The minimum absolute atomic E-state index is 0.277. The van der Waals surface area contributed by atoms with Crippen molar-refractivity contribution < 1.29 is 23.9 Å². The topological polar surface area (TPSA) is 81.7 Å². The average Bonchev–Trinajstić information content (AvgIpc) is 2.56. The van der Waals surface area contributed by atoms with Gasteiger partial charge in [-0.15, -0.1) is 0 Å². The quantitative estimate of drug-likeness (QED) is 0.684. The summed E-state index contributed by atoms with van der Waals surface area (Å²) in [5, 5.41) is 2.65. The summed E-state index contributed by atoms with van der Waals surface area (Å²) >= 11 is 1.55. The Bertz CT molecular complexity index is 547. The first kappa shape index (κ1) is 20.0. The maximum absolute atomic E-state index is 12.2. The van der Waals surface area contributed by atoms with Crippen LogP contribution in [-0.4, -0.2) is 48.6 Å². The zero-order valence-corrected chi connectivity index (χ0v) is 14.9. The number of hydrogen-bond donors (Lipinski definition) is 1. The van der Waals surface area contributed by atoms with Gasteiger partial charge in [0, 0.05) is 5.56 Å². The van der Waals surface area contributed by atoms with Crippen molar-refractivity contribution in [1.29, 1.82) is 0 Å². The van der Waals surface area contributed by atoms with Crippen LogP contribution in [0.2, 0.25) is 0 Å². The summed E-state index contributed by atoms with van der Waals surface area (Å²) in [6.45, 7) is 2.95. The molecule has 1 rings (SSSR count). The van der Waals surface area contributed by atoms with Crippen LogP contribution in [0.15, 0.2) is 30.3 Å². The summed E-state index contributed by atoms with van der Waals surface area (Å²) in [6, 6.07) is 7.80. The number of nitrogens with one attached hydrogen (secondary N) is 1. The monoisotopic (exact) mass is 353 g/mol. The van der Waals surface area contributed by atoms with E-state index < -0.39 is 24.6 Å². The van der Waals surface area contributed by atoms with Gasteiger partial charge in [-0.2, -0.15) is 11.8 Å². The molecule has 0 aliphatic carbocycles. The van der Waals surface area contributed by atoms with Crippen molar-refractivity contribution >= 4 is 29.6 Å². The predicted octanol–water partition coefficient (Wildman–Crippen LogP) is 2.03. The van der Waals surface area contributed by atoms with Crippen molar-refractivity contribution in [1.82, 2.24) is 5.32 Å². The van der Waals surface area contributed by atoms with Crippen LogP contribution in [0.5, 0.6) is 0 Å². The molecule has 1 aromatic rings. The fourth-order valence-corrected chi connectivity index (χ4v) is 2.31. The molecule has 0 aliphatic rings. The zero-order valence-electron chi connectivity index (χ0n) is 14.1. The van der Waals surface area contributed by atoms with Crippen LogP contribution in [-0.2, 0) is 19.1 Å². The maximum atomic E-state index is 12.2. The highest BCUT2D eigenvalue weighted by Gasteiger charge is 2.23. The van der Waals surface area contributed by atoms with Crippen molar-refractivity contribution in [3.8, 4) is 0 Å². The van der Waals surface area contributed by atoms with Gasteiger partial charge in [-0.3, -0.25) is 4.79 Å². The molecule has 1 N–H and O–H groups in total. The summed E-state index contributed by atoms with van der Waals surface area (Å²) in [4.78, 5) is 35.8. The van der Waals surface area contributed by atoms with E-state index in [2.05, 4.69) is 5.32 Å². The largest absolute Gasteiger partial charge is 0.460 e. The van der Waals surface area contributed by atoms with E-state index in [1.54, 1.807) is 55.9 Å². The van der Waals surface area contributed by atoms with Crippen LogP contribution >= 0.6 is 11.8 Å². The maximum Gasteiger partial charge on any atom is 0.344 e. The van der Waals surface area contributed by atoms with Crippen LogP contribution in [0, 0.1) is 0 Å². The summed E-state index contributed by atoms with van der Waals surface area (Å²) in [5.74, 6) is -0.945. The van der Waals surface area contributed by atoms with E-state index in [9.17, 15) is 14.4 Å². The summed E-state index contributed by atoms with van der Waals surface area (Å²) in [7, 11) is 0. The van der Waals surface area contributed by atoms with Crippen molar-refractivity contribution in [3.05, 3.63) is 35.9 Å². The molecule has 0 saturated carbocycles. The Morgan fingerprint density at radius 1 is 1.17 bits per heavy atom. The summed E-state index contributed by atoms with van der Waals surface area (Å²) in [6.07, 6.45) is 2.04. The Hall–Kier alpha value is -2.02. The van der Waals surface area contributed by atoms with E-state index in [-0.39, 0.29) is 12.0 Å². The average molecular weight is 353 g/mol. The molecular formula is C17H23NO5S. The molecule has 132 valence electrons. The summed E-state index contributed by atoms with van der Waals surface area (Å²) < 4.78 is 9.87. The van der Waals surface area contributed by atoms with Crippen molar-refractivity contribution in [3.63, 3.8) is 0 Å². The number of benzene rings is 1. The predicted molar refractivity (Wildman–Crippen MR) is 92.9 cm³/mol. The Kier molecular flexibility index (Phi) is 8.93. The van der Waals surface area contributed by atoms with Gasteiger partial charge in [0.15, 0.2) is 6.61 Å². The second kappa shape index (κ2) is 10.7. The van der Waals surface area contributed by atoms with Gasteiger partial charge in [-0.05, 0) is 44.4 Å². The molecule has 0 aromatic heterocycles. The highest BCUT2D eigenvalue weighted by Crippen LogP contribution is 2.06. The van der Waals surface area contributed by atoms with E-state index in [1.165, 1.54) is 0 Å². The molecule has 6 nitrogen and oxygen atoms in total. The van der Waals surface area contributed by atoms with Gasteiger partial charge in [-0.25, -0.2) is 9.59 Å². The molecule has 7 heteroatoms. The minimum atomic E-state index is -0.808. The number of carbonyl (C=O) groups excluding carboxylic acids is 3. The lowest BCUT2D eigenvalue weighted by atomic mass is 10.1. The fraction of sp³-hybridized carbons (Fsp3) is 0.471. The number of amides is 1. The highest BCUT2D eigenvalue weighted by molar-refractivity contribution is 7.98. The number of carbonyl (C=O) groups is 3. The number of ether oxygens (including phenoxy) is 2. The third-order valence-corrected chi connectivity index (χ3v) is 3.58. The Labute approximate surface area is 146 Å². The third kappa shape index (κ3) is 7.50. The highest BCUT2D eigenvalue weighted by atomic mass is 32.2. The zero-order chi connectivity index (χ0) is 17.9. The molecule has 1 aromatic carbocycles. The number of esters is 2. The molecule has 1 atom stereocenters. The van der Waals surface area contributed by atoms with E-state index in [0.717, 1.165) is 0 Å². The van der Waals surface area contributed by atoms with E-state index >= 15 is 0 Å². The standard InChI is InChI=1S/C17H23NO5S/c1-12(2)23-15(19)11-22-17(21)14(9-10-24-3)18-16(20)13-7-5-4-6-8-13/h4-8,12,14H,9-11H2,1-3H3,(H,18,20)/t14-/m1/s1. The SMILES string of the molecule is CSCC[C@@H](NC(=O)c1ccccc1)C(=O)OCC(=O)OC(C)C.